The second-order valence-electron chi connectivity index (χ2n) is 4.84. The molecule has 0 N–H and O–H groups in total. The fraction of sp³-hybridized carbons (Fsp3) is 1.00. The van der Waals surface area contributed by atoms with E-state index in [2.05, 4.69) is 0 Å². The topological polar surface area (TPSA) is 36.9 Å². The fourth-order valence-corrected chi connectivity index (χ4v) is 2.07. The SMILES string of the molecule is CC1(C)OCC(CC2(C)OCCCO2)O1. The lowest BCUT2D eigenvalue weighted by molar-refractivity contribution is -0.269. The monoisotopic (exact) mass is 216 g/mol. The average Bonchev–Trinajstić information content (AvgIpc) is 2.45. The molecule has 0 aromatic rings. The van der Waals surface area contributed by atoms with Gasteiger partial charge < -0.3 is 18.9 Å². The second-order valence-corrected chi connectivity index (χ2v) is 4.84. The molecule has 4 heteroatoms. The molecular weight excluding hydrogens is 196 g/mol. The molecule has 2 aliphatic heterocycles. The van der Waals surface area contributed by atoms with E-state index in [4.69, 9.17) is 18.9 Å². The molecule has 2 heterocycles. The third kappa shape index (κ3) is 2.91. The lowest BCUT2D eigenvalue weighted by atomic mass is 10.1. The van der Waals surface area contributed by atoms with Crippen LogP contribution in [-0.4, -0.2) is 37.5 Å². The molecule has 0 aliphatic carbocycles. The first-order chi connectivity index (χ1) is 6.99. The van der Waals surface area contributed by atoms with Crippen LogP contribution in [0.1, 0.15) is 33.6 Å². The molecule has 2 fully saturated rings. The highest BCUT2D eigenvalue weighted by Gasteiger charge is 2.39. The highest BCUT2D eigenvalue weighted by atomic mass is 16.7. The second kappa shape index (κ2) is 4.01. The lowest BCUT2D eigenvalue weighted by Crippen LogP contribution is -2.41. The van der Waals surface area contributed by atoms with Crippen LogP contribution in [-0.2, 0) is 18.9 Å². The molecule has 1 unspecified atom stereocenters. The van der Waals surface area contributed by atoms with Crippen LogP contribution in [0.3, 0.4) is 0 Å². The largest absolute Gasteiger partial charge is 0.350 e. The zero-order valence-electron chi connectivity index (χ0n) is 9.75. The van der Waals surface area contributed by atoms with Crippen LogP contribution < -0.4 is 0 Å². The molecule has 2 saturated heterocycles. The standard InChI is InChI=1S/C11H20O4/c1-10(2)14-8-9(15-10)7-11(3)12-5-4-6-13-11/h9H,4-8H2,1-3H3. The lowest BCUT2D eigenvalue weighted by Gasteiger charge is -2.35. The summed E-state index contributed by atoms with van der Waals surface area (Å²) in [5.74, 6) is -0.956. The van der Waals surface area contributed by atoms with Crippen molar-refractivity contribution in [2.75, 3.05) is 19.8 Å². The molecule has 0 spiro atoms. The van der Waals surface area contributed by atoms with Crippen LogP contribution >= 0.6 is 0 Å². The maximum absolute atomic E-state index is 5.73. The molecule has 1 atom stereocenters. The Kier molecular flexibility index (Phi) is 3.03. The summed E-state index contributed by atoms with van der Waals surface area (Å²) >= 11 is 0. The Labute approximate surface area is 90.8 Å². The summed E-state index contributed by atoms with van der Waals surface area (Å²) < 4.78 is 22.5. The maximum Gasteiger partial charge on any atom is 0.168 e. The molecule has 2 rings (SSSR count). The van der Waals surface area contributed by atoms with Crippen LogP contribution in [0.25, 0.3) is 0 Å². The fourth-order valence-electron chi connectivity index (χ4n) is 2.07. The van der Waals surface area contributed by atoms with Gasteiger partial charge in [0, 0.05) is 6.42 Å². The van der Waals surface area contributed by atoms with Crippen LogP contribution in [0.15, 0.2) is 0 Å². The Bertz CT molecular complexity index is 221. The normalized spacial score (nSPS) is 34.2. The average molecular weight is 216 g/mol. The van der Waals surface area contributed by atoms with Gasteiger partial charge in [-0.2, -0.15) is 0 Å². The molecule has 0 aromatic carbocycles. The summed E-state index contributed by atoms with van der Waals surface area (Å²) in [6, 6.07) is 0. The molecule has 2 aliphatic rings. The van der Waals surface area contributed by atoms with Crippen molar-refractivity contribution in [2.45, 2.75) is 51.3 Å². The summed E-state index contributed by atoms with van der Waals surface area (Å²) in [5.41, 5.74) is 0. The minimum atomic E-state index is -0.493. The number of rotatable bonds is 2. The van der Waals surface area contributed by atoms with Crippen molar-refractivity contribution in [3.63, 3.8) is 0 Å². The number of ether oxygens (including phenoxy) is 4. The number of hydrogen-bond donors (Lipinski definition) is 0. The molecule has 88 valence electrons. The summed E-state index contributed by atoms with van der Waals surface area (Å²) in [6.07, 6.45) is 1.78. The zero-order valence-corrected chi connectivity index (χ0v) is 9.75. The number of hydrogen-bond acceptors (Lipinski definition) is 4. The van der Waals surface area contributed by atoms with Gasteiger partial charge in [-0.1, -0.05) is 0 Å². The minimum absolute atomic E-state index is 0.0723. The van der Waals surface area contributed by atoms with Crippen molar-refractivity contribution in [2.24, 2.45) is 0 Å². The summed E-state index contributed by atoms with van der Waals surface area (Å²) in [7, 11) is 0. The Morgan fingerprint density at radius 1 is 1.07 bits per heavy atom. The highest BCUT2D eigenvalue weighted by molar-refractivity contribution is 4.78. The van der Waals surface area contributed by atoms with Crippen molar-refractivity contribution in [3.8, 4) is 0 Å². The molecular formula is C11H20O4. The summed E-state index contributed by atoms with van der Waals surface area (Å²) in [6.45, 7) is 7.99. The Morgan fingerprint density at radius 2 is 1.73 bits per heavy atom. The van der Waals surface area contributed by atoms with Gasteiger partial charge in [0.05, 0.1) is 25.9 Å². The van der Waals surface area contributed by atoms with Gasteiger partial charge in [-0.15, -0.1) is 0 Å². The quantitative estimate of drug-likeness (QED) is 0.703. The molecule has 0 bridgehead atoms. The van der Waals surface area contributed by atoms with E-state index in [-0.39, 0.29) is 6.10 Å². The van der Waals surface area contributed by atoms with Gasteiger partial charge in [-0.25, -0.2) is 0 Å². The molecule has 0 radical (unpaired) electrons. The van der Waals surface area contributed by atoms with Crippen molar-refractivity contribution < 1.29 is 18.9 Å². The van der Waals surface area contributed by atoms with Gasteiger partial charge >= 0.3 is 0 Å². The van der Waals surface area contributed by atoms with Gasteiger partial charge in [0.15, 0.2) is 11.6 Å². The van der Waals surface area contributed by atoms with E-state index >= 15 is 0 Å². The van der Waals surface area contributed by atoms with Crippen LogP contribution in [0, 0.1) is 0 Å². The van der Waals surface area contributed by atoms with Gasteiger partial charge in [0.1, 0.15) is 0 Å². The van der Waals surface area contributed by atoms with E-state index in [1.165, 1.54) is 0 Å². The van der Waals surface area contributed by atoms with Crippen molar-refractivity contribution in [3.05, 3.63) is 0 Å². The maximum atomic E-state index is 5.73. The van der Waals surface area contributed by atoms with Gasteiger partial charge in [0.2, 0.25) is 0 Å². The van der Waals surface area contributed by atoms with Gasteiger partial charge in [-0.05, 0) is 27.2 Å². The molecule has 4 nitrogen and oxygen atoms in total. The third-order valence-electron chi connectivity index (χ3n) is 2.77. The van der Waals surface area contributed by atoms with E-state index in [0.717, 1.165) is 26.1 Å². The molecule has 15 heavy (non-hydrogen) atoms. The Balaban J connectivity index is 1.86. The van der Waals surface area contributed by atoms with E-state index in [1.807, 2.05) is 20.8 Å². The van der Waals surface area contributed by atoms with Gasteiger partial charge in [-0.3, -0.25) is 0 Å². The van der Waals surface area contributed by atoms with Crippen LogP contribution in [0.5, 0.6) is 0 Å². The van der Waals surface area contributed by atoms with Crippen molar-refractivity contribution in [1.82, 2.24) is 0 Å². The highest BCUT2D eigenvalue weighted by Crippen LogP contribution is 2.31. The van der Waals surface area contributed by atoms with E-state index in [9.17, 15) is 0 Å². The smallest absolute Gasteiger partial charge is 0.168 e. The molecule has 0 aromatic heterocycles. The first-order valence-corrected chi connectivity index (χ1v) is 5.59. The molecule has 0 amide bonds. The summed E-state index contributed by atoms with van der Waals surface area (Å²) in [5, 5.41) is 0. The third-order valence-corrected chi connectivity index (χ3v) is 2.77. The minimum Gasteiger partial charge on any atom is -0.350 e. The van der Waals surface area contributed by atoms with Crippen LogP contribution in [0.4, 0.5) is 0 Å². The van der Waals surface area contributed by atoms with E-state index in [1.54, 1.807) is 0 Å². The van der Waals surface area contributed by atoms with Crippen molar-refractivity contribution in [1.29, 1.82) is 0 Å². The summed E-state index contributed by atoms with van der Waals surface area (Å²) in [4.78, 5) is 0. The zero-order chi connectivity index (χ0) is 10.9. The Hall–Kier alpha value is -0.160. The van der Waals surface area contributed by atoms with E-state index in [0.29, 0.717) is 6.61 Å². The van der Waals surface area contributed by atoms with Crippen LogP contribution in [0.2, 0.25) is 0 Å². The van der Waals surface area contributed by atoms with Crippen molar-refractivity contribution >= 4 is 0 Å². The predicted octanol–water partition coefficient (Wildman–Crippen LogP) is 1.68. The van der Waals surface area contributed by atoms with Gasteiger partial charge in [0.25, 0.3) is 0 Å². The van der Waals surface area contributed by atoms with E-state index < -0.39 is 11.6 Å². The Morgan fingerprint density at radius 3 is 2.27 bits per heavy atom. The first-order valence-electron chi connectivity index (χ1n) is 5.59. The first kappa shape index (κ1) is 11.3. The predicted molar refractivity (Wildman–Crippen MR) is 54.4 cm³/mol. The molecule has 0 saturated carbocycles.